The zero-order valence-corrected chi connectivity index (χ0v) is 11.2. The van der Waals surface area contributed by atoms with Crippen LogP contribution in [0.15, 0.2) is 0 Å². The highest BCUT2D eigenvalue weighted by atomic mass is 16.3. The van der Waals surface area contributed by atoms with Crippen molar-refractivity contribution in [3.05, 3.63) is 0 Å². The fourth-order valence-corrected chi connectivity index (χ4v) is 2.27. The standard InChI is InChI=1S/C13H28N2O/c1-10(2)13(4,16)9-15-8-12(7-14)6-5-11(15)3/h10-12,16H,5-9,14H2,1-4H3. The highest BCUT2D eigenvalue weighted by Gasteiger charge is 2.32. The van der Waals surface area contributed by atoms with Crippen molar-refractivity contribution in [2.45, 2.75) is 52.2 Å². The molecule has 3 heteroatoms. The van der Waals surface area contributed by atoms with Crippen molar-refractivity contribution < 1.29 is 5.11 Å². The van der Waals surface area contributed by atoms with Gasteiger partial charge in [0.2, 0.25) is 0 Å². The smallest absolute Gasteiger partial charge is 0.0768 e. The summed E-state index contributed by atoms with van der Waals surface area (Å²) in [6.45, 7) is 10.9. The topological polar surface area (TPSA) is 49.5 Å². The van der Waals surface area contributed by atoms with E-state index in [-0.39, 0.29) is 5.92 Å². The molecule has 3 nitrogen and oxygen atoms in total. The summed E-state index contributed by atoms with van der Waals surface area (Å²) < 4.78 is 0. The van der Waals surface area contributed by atoms with E-state index in [1.54, 1.807) is 0 Å². The van der Waals surface area contributed by atoms with E-state index in [1.165, 1.54) is 12.8 Å². The summed E-state index contributed by atoms with van der Waals surface area (Å²) in [7, 11) is 0. The molecule has 0 aromatic heterocycles. The zero-order chi connectivity index (χ0) is 12.3. The molecule has 0 aromatic rings. The number of aliphatic hydroxyl groups is 1. The van der Waals surface area contributed by atoms with Gasteiger partial charge in [0.25, 0.3) is 0 Å². The molecule has 1 aliphatic heterocycles. The van der Waals surface area contributed by atoms with Gasteiger partial charge in [0.15, 0.2) is 0 Å². The molecular formula is C13H28N2O. The second-order valence-corrected chi connectivity index (χ2v) is 5.97. The fraction of sp³-hybridized carbons (Fsp3) is 1.00. The van der Waals surface area contributed by atoms with Gasteiger partial charge in [-0.1, -0.05) is 13.8 Å². The van der Waals surface area contributed by atoms with Crippen LogP contribution in [0.2, 0.25) is 0 Å². The van der Waals surface area contributed by atoms with Crippen LogP contribution in [-0.4, -0.2) is 41.3 Å². The first kappa shape index (κ1) is 13.9. The Kier molecular flexibility index (Phi) is 4.77. The van der Waals surface area contributed by atoms with Crippen LogP contribution in [0.3, 0.4) is 0 Å². The summed E-state index contributed by atoms with van der Waals surface area (Å²) in [4.78, 5) is 2.40. The van der Waals surface area contributed by atoms with E-state index >= 15 is 0 Å². The number of nitrogens with two attached hydrogens (primary N) is 1. The molecule has 16 heavy (non-hydrogen) atoms. The van der Waals surface area contributed by atoms with Crippen LogP contribution >= 0.6 is 0 Å². The second kappa shape index (κ2) is 5.48. The van der Waals surface area contributed by atoms with Crippen LogP contribution in [0.25, 0.3) is 0 Å². The molecule has 1 heterocycles. The average molecular weight is 228 g/mol. The minimum Gasteiger partial charge on any atom is -0.389 e. The summed E-state index contributed by atoms with van der Waals surface area (Å²) >= 11 is 0. The largest absolute Gasteiger partial charge is 0.389 e. The van der Waals surface area contributed by atoms with Gasteiger partial charge in [0.1, 0.15) is 0 Å². The number of β-amino-alcohol motifs (C(OH)–C–C–N with tert-alkyl or cyclic N) is 1. The number of likely N-dealkylation sites (tertiary alicyclic amines) is 1. The molecule has 1 rings (SSSR count). The highest BCUT2D eigenvalue weighted by molar-refractivity contribution is 4.86. The van der Waals surface area contributed by atoms with Gasteiger partial charge in [0, 0.05) is 19.1 Å². The molecule has 3 N–H and O–H groups in total. The Hall–Kier alpha value is -0.120. The Balaban J connectivity index is 2.57. The van der Waals surface area contributed by atoms with Gasteiger partial charge in [-0.15, -0.1) is 0 Å². The van der Waals surface area contributed by atoms with Crippen molar-refractivity contribution in [1.82, 2.24) is 4.90 Å². The quantitative estimate of drug-likeness (QED) is 0.766. The van der Waals surface area contributed by atoms with E-state index in [2.05, 4.69) is 25.7 Å². The minimum absolute atomic E-state index is 0.290. The van der Waals surface area contributed by atoms with Gasteiger partial charge in [0.05, 0.1) is 5.60 Å². The molecular weight excluding hydrogens is 200 g/mol. The second-order valence-electron chi connectivity index (χ2n) is 5.97. The first-order valence-electron chi connectivity index (χ1n) is 6.53. The first-order chi connectivity index (χ1) is 7.36. The van der Waals surface area contributed by atoms with Crippen LogP contribution in [0.4, 0.5) is 0 Å². The number of hydrogen-bond donors (Lipinski definition) is 2. The molecule has 0 spiro atoms. The summed E-state index contributed by atoms with van der Waals surface area (Å²) in [5.74, 6) is 0.900. The molecule has 3 atom stereocenters. The van der Waals surface area contributed by atoms with Gasteiger partial charge in [-0.2, -0.15) is 0 Å². The zero-order valence-electron chi connectivity index (χ0n) is 11.2. The molecule has 1 saturated heterocycles. The van der Waals surface area contributed by atoms with Crippen LogP contribution in [0.1, 0.15) is 40.5 Å². The molecule has 1 aliphatic rings. The fourth-order valence-electron chi connectivity index (χ4n) is 2.27. The van der Waals surface area contributed by atoms with E-state index in [1.807, 2.05) is 6.92 Å². The van der Waals surface area contributed by atoms with Crippen LogP contribution in [0.5, 0.6) is 0 Å². The molecule has 0 aromatic carbocycles. The van der Waals surface area contributed by atoms with E-state index < -0.39 is 5.60 Å². The molecule has 96 valence electrons. The Morgan fingerprint density at radius 3 is 2.56 bits per heavy atom. The van der Waals surface area contributed by atoms with Crippen molar-refractivity contribution in [3.63, 3.8) is 0 Å². The van der Waals surface area contributed by atoms with Crippen molar-refractivity contribution in [1.29, 1.82) is 0 Å². The molecule has 3 unspecified atom stereocenters. The summed E-state index contributed by atoms with van der Waals surface area (Å²) in [5.41, 5.74) is 5.15. The first-order valence-corrected chi connectivity index (χ1v) is 6.53. The molecule has 0 amide bonds. The lowest BCUT2D eigenvalue weighted by atomic mass is 9.88. The lowest BCUT2D eigenvalue weighted by molar-refractivity contribution is -0.0396. The molecule has 0 bridgehead atoms. The predicted molar refractivity (Wildman–Crippen MR) is 68.3 cm³/mol. The van der Waals surface area contributed by atoms with Crippen molar-refractivity contribution in [2.75, 3.05) is 19.6 Å². The number of hydrogen-bond acceptors (Lipinski definition) is 3. The Morgan fingerprint density at radius 2 is 2.06 bits per heavy atom. The molecule has 0 aliphatic carbocycles. The summed E-state index contributed by atoms with van der Waals surface area (Å²) in [6, 6.07) is 0.577. The highest BCUT2D eigenvalue weighted by Crippen LogP contribution is 2.25. The number of piperidine rings is 1. The minimum atomic E-state index is -0.593. The Morgan fingerprint density at radius 1 is 1.44 bits per heavy atom. The maximum absolute atomic E-state index is 10.3. The van der Waals surface area contributed by atoms with Crippen LogP contribution in [0, 0.1) is 11.8 Å². The Labute approximate surface area is 100 Å². The molecule has 1 fully saturated rings. The summed E-state index contributed by atoms with van der Waals surface area (Å²) in [6.07, 6.45) is 2.44. The SMILES string of the molecule is CC1CCC(CN)CN1CC(C)(O)C(C)C. The van der Waals surface area contributed by atoms with Gasteiger partial charge >= 0.3 is 0 Å². The lowest BCUT2D eigenvalue weighted by Crippen LogP contribution is -2.52. The third kappa shape index (κ3) is 3.44. The van der Waals surface area contributed by atoms with E-state index in [0.717, 1.165) is 19.6 Å². The van der Waals surface area contributed by atoms with Crippen LogP contribution < -0.4 is 5.73 Å². The van der Waals surface area contributed by atoms with Crippen LogP contribution in [-0.2, 0) is 0 Å². The molecule has 0 saturated carbocycles. The van der Waals surface area contributed by atoms with Gasteiger partial charge in [-0.3, -0.25) is 4.90 Å². The van der Waals surface area contributed by atoms with Crippen molar-refractivity contribution in [3.8, 4) is 0 Å². The monoisotopic (exact) mass is 228 g/mol. The van der Waals surface area contributed by atoms with Gasteiger partial charge < -0.3 is 10.8 Å². The van der Waals surface area contributed by atoms with Gasteiger partial charge in [-0.05, 0) is 45.1 Å². The van der Waals surface area contributed by atoms with E-state index in [0.29, 0.717) is 12.0 Å². The summed E-state index contributed by atoms with van der Waals surface area (Å²) in [5, 5.41) is 10.3. The van der Waals surface area contributed by atoms with Crippen molar-refractivity contribution >= 4 is 0 Å². The van der Waals surface area contributed by atoms with E-state index in [4.69, 9.17) is 5.73 Å². The van der Waals surface area contributed by atoms with E-state index in [9.17, 15) is 5.11 Å². The predicted octanol–water partition coefficient (Wildman–Crippen LogP) is 1.45. The normalized spacial score (nSPS) is 31.7. The Bertz CT molecular complexity index is 216. The maximum atomic E-state index is 10.3. The number of nitrogens with zero attached hydrogens (tertiary/aromatic N) is 1. The lowest BCUT2D eigenvalue weighted by Gasteiger charge is -2.42. The van der Waals surface area contributed by atoms with Gasteiger partial charge in [-0.25, -0.2) is 0 Å². The molecule has 0 radical (unpaired) electrons. The average Bonchev–Trinajstić information content (AvgIpc) is 2.21. The number of rotatable bonds is 4. The van der Waals surface area contributed by atoms with Crippen molar-refractivity contribution in [2.24, 2.45) is 17.6 Å². The maximum Gasteiger partial charge on any atom is 0.0768 e. The third-order valence-electron chi connectivity index (χ3n) is 4.21. The third-order valence-corrected chi connectivity index (χ3v) is 4.21.